The van der Waals surface area contributed by atoms with Crippen LogP contribution in [0.5, 0.6) is 0 Å². The normalized spacial score (nSPS) is 30.3. The van der Waals surface area contributed by atoms with E-state index in [9.17, 15) is 18.8 Å². The summed E-state index contributed by atoms with van der Waals surface area (Å²) < 4.78 is 33.3. The molecule has 0 aromatic heterocycles. The number of carbonyl (C=O) groups excluding carboxylic acids is 3. The number of hydrogen-bond acceptors (Lipinski definition) is 7. The van der Waals surface area contributed by atoms with Crippen molar-refractivity contribution in [2.45, 2.75) is 45.4 Å². The van der Waals surface area contributed by atoms with Crippen molar-refractivity contribution in [2.24, 2.45) is 0 Å². The van der Waals surface area contributed by atoms with Crippen molar-refractivity contribution in [2.75, 3.05) is 6.61 Å². The SMILES string of the molecule is CC(=O)O[C@@H]1OC[C@@H](OC(C)=O)[C@H](F)[C@H]1OC(C)=O. The molecule has 1 fully saturated rings. The van der Waals surface area contributed by atoms with E-state index in [0.717, 1.165) is 20.8 Å². The largest absolute Gasteiger partial charge is 0.457 e. The molecular weight excluding hydrogens is 263 g/mol. The molecule has 0 unspecified atom stereocenters. The van der Waals surface area contributed by atoms with Crippen LogP contribution in [0.3, 0.4) is 0 Å². The molecule has 1 aliphatic rings. The van der Waals surface area contributed by atoms with Gasteiger partial charge in [-0.25, -0.2) is 4.39 Å². The number of alkyl halides is 1. The van der Waals surface area contributed by atoms with Crippen LogP contribution >= 0.6 is 0 Å². The van der Waals surface area contributed by atoms with Gasteiger partial charge in [0.05, 0.1) is 6.61 Å². The van der Waals surface area contributed by atoms with Crippen molar-refractivity contribution in [1.82, 2.24) is 0 Å². The van der Waals surface area contributed by atoms with Crippen LogP contribution in [0.1, 0.15) is 20.8 Å². The average molecular weight is 278 g/mol. The van der Waals surface area contributed by atoms with E-state index in [1.54, 1.807) is 0 Å². The van der Waals surface area contributed by atoms with Gasteiger partial charge < -0.3 is 18.9 Å². The van der Waals surface area contributed by atoms with E-state index in [0.29, 0.717) is 0 Å². The molecule has 0 saturated carbocycles. The minimum atomic E-state index is -1.84. The van der Waals surface area contributed by atoms with Crippen LogP contribution in [0.4, 0.5) is 4.39 Å². The summed E-state index contributed by atoms with van der Waals surface area (Å²) in [6.07, 6.45) is -5.89. The third-order valence-electron chi connectivity index (χ3n) is 2.26. The van der Waals surface area contributed by atoms with Crippen molar-refractivity contribution in [3.05, 3.63) is 0 Å². The quantitative estimate of drug-likeness (QED) is 0.534. The van der Waals surface area contributed by atoms with Gasteiger partial charge in [-0.05, 0) is 0 Å². The molecule has 0 aromatic carbocycles. The molecule has 1 aliphatic heterocycles. The Morgan fingerprint density at radius 3 is 2.00 bits per heavy atom. The van der Waals surface area contributed by atoms with Crippen LogP contribution in [-0.4, -0.2) is 49.2 Å². The molecule has 0 aliphatic carbocycles. The molecule has 4 atom stereocenters. The van der Waals surface area contributed by atoms with Crippen molar-refractivity contribution in [3.63, 3.8) is 0 Å². The van der Waals surface area contributed by atoms with Gasteiger partial charge in [0.15, 0.2) is 18.4 Å². The third-order valence-corrected chi connectivity index (χ3v) is 2.26. The van der Waals surface area contributed by atoms with Gasteiger partial charge in [0, 0.05) is 20.8 Å². The summed E-state index contributed by atoms with van der Waals surface area (Å²) in [4.78, 5) is 32.6. The van der Waals surface area contributed by atoms with Gasteiger partial charge in [-0.3, -0.25) is 14.4 Å². The van der Waals surface area contributed by atoms with E-state index >= 15 is 0 Å². The van der Waals surface area contributed by atoms with Gasteiger partial charge in [0.1, 0.15) is 0 Å². The second-order valence-corrected chi connectivity index (χ2v) is 3.98. The number of halogens is 1. The highest BCUT2D eigenvalue weighted by molar-refractivity contribution is 5.67. The van der Waals surface area contributed by atoms with Crippen LogP contribution < -0.4 is 0 Å². The first-order chi connectivity index (χ1) is 8.81. The summed E-state index contributed by atoms with van der Waals surface area (Å²) >= 11 is 0. The van der Waals surface area contributed by atoms with E-state index in [1.165, 1.54) is 0 Å². The van der Waals surface area contributed by atoms with E-state index in [1.807, 2.05) is 0 Å². The molecule has 0 N–H and O–H groups in total. The highest BCUT2D eigenvalue weighted by Crippen LogP contribution is 2.24. The highest BCUT2D eigenvalue weighted by Gasteiger charge is 2.46. The maximum absolute atomic E-state index is 14.1. The fourth-order valence-corrected chi connectivity index (χ4v) is 1.63. The molecule has 7 nitrogen and oxygen atoms in total. The van der Waals surface area contributed by atoms with Crippen LogP contribution in [0.25, 0.3) is 0 Å². The number of hydrogen-bond donors (Lipinski definition) is 0. The smallest absolute Gasteiger partial charge is 0.305 e. The Kier molecular flexibility index (Phi) is 5.22. The molecule has 0 amide bonds. The maximum Gasteiger partial charge on any atom is 0.305 e. The second kappa shape index (κ2) is 6.46. The molecule has 8 heteroatoms. The molecule has 0 radical (unpaired) electrons. The predicted molar refractivity (Wildman–Crippen MR) is 57.5 cm³/mol. The van der Waals surface area contributed by atoms with Gasteiger partial charge in [-0.15, -0.1) is 0 Å². The molecule has 0 spiro atoms. The van der Waals surface area contributed by atoms with Gasteiger partial charge in [0.25, 0.3) is 0 Å². The lowest BCUT2D eigenvalue weighted by molar-refractivity contribution is -0.260. The summed E-state index contributed by atoms with van der Waals surface area (Å²) in [7, 11) is 0. The van der Waals surface area contributed by atoms with Crippen LogP contribution in [0.15, 0.2) is 0 Å². The maximum atomic E-state index is 14.1. The zero-order valence-electron chi connectivity index (χ0n) is 10.8. The van der Waals surface area contributed by atoms with Gasteiger partial charge in [-0.1, -0.05) is 0 Å². The summed E-state index contributed by atoms with van der Waals surface area (Å²) in [5, 5.41) is 0. The molecule has 0 bridgehead atoms. The Labute approximate surface area is 108 Å². The first-order valence-corrected chi connectivity index (χ1v) is 5.58. The topological polar surface area (TPSA) is 88.1 Å². The van der Waals surface area contributed by atoms with Crippen LogP contribution in [0, 0.1) is 0 Å². The minimum Gasteiger partial charge on any atom is -0.457 e. The summed E-state index contributed by atoms with van der Waals surface area (Å²) in [5.41, 5.74) is 0. The molecule has 19 heavy (non-hydrogen) atoms. The highest BCUT2D eigenvalue weighted by atomic mass is 19.1. The molecule has 1 rings (SSSR count). The standard InChI is InChI=1S/C11H15FO7/c1-5(13)17-8-4-16-11(19-7(3)15)10(9(8)12)18-6(2)14/h8-11H,4H2,1-3H3/t8-,9+,10-,11+/m1/s1. The molecule has 108 valence electrons. The lowest BCUT2D eigenvalue weighted by atomic mass is 10.1. The molecular formula is C11H15FO7. The van der Waals surface area contributed by atoms with E-state index in [-0.39, 0.29) is 6.61 Å². The van der Waals surface area contributed by atoms with Crippen molar-refractivity contribution < 1.29 is 37.7 Å². The van der Waals surface area contributed by atoms with Crippen molar-refractivity contribution in [1.29, 1.82) is 0 Å². The van der Waals surface area contributed by atoms with Gasteiger partial charge in [0.2, 0.25) is 6.29 Å². The zero-order chi connectivity index (χ0) is 14.6. The van der Waals surface area contributed by atoms with E-state index in [2.05, 4.69) is 0 Å². The summed E-state index contributed by atoms with van der Waals surface area (Å²) in [6.45, 7) is 3.01. The predicted octanol–water partition coefficient (Wildman–Crippen LogP) is 0.107. The fourth-order valence-electron chi connectivity index (χ4n) is 1.63. The zero-order valence-corrected chi connectivity index (χ0v) is 10.8. The Bertz CT molecular complexity index is 370. The Hall–Kier alpha value is -1.70. The number of ether oxygens (including phenoxy) is 4. The van der Waals surface area contributed by atoms with Gasteiger partial charge >= 0.3 is 17.9 Å². The Balaban J connectivity index is 2.79. The Morgan fingerprint density at radius 1 is 1.00 bits per heavy atom. The number of rotatable bonds is 3. The van der Waals surface area contributed by atoms with E-state index in [4.69, 9.17) is 18.9 Å². The lowest BCUT2D eigenvalue weighted by Crippen LogP contribution is -2.55. The first-order valence-electron chi connectivity index (χ1n) is 5.58. The first kappa shape index (κ1) is 15.4. The monoisotopic (exact) mass is 278 g/mol. The minimum absolute atomic E-state index is 0.295. The molecule has 1 heterocycles. The number of carbonyl (C=O) groups is 3. The summed E-state index contributed by atoms with van der Waals surface area (Å²) in [5.74, 6) is -2.17. The fraction of sp³-hybridized carbons (Fsp3) is 0.727. The lowest BCUT2D eigenvalue weighted by Gasteiger charge is -2.36. The molecule has 1 saturated heterocycles. The van der Waals surface area contributed by atoms with Crippen molar-refractivity contribution >= 4 is 17.9 Å². The van der Waals surface area contributed by atoms with Gasteiger partial charge in [-0.2, -0.15) is 0 Å². The average Bonchev–Trinajstić information content (AvgIpc) is 2.26. The summed E-state index contributed by atoms with van der Waals surface area (Å²) in [6, 6.07) is 0. The number of esters is 3. The van der Waals surface area contributed by atoms with Crippen molar-refractivity contribution in [3.8, 4) is 0 Å². The molecule has 0 aromatic rings. The van der Waals surface area contributed by atoms with Crippen LogP contribution in [0.2, 0.25) is 0 Å². The van der Waals surface area contributed by atoms with E-state index < -0.39 is 42.6 Å². The van der Waals surface area contributed by atoms with Crippen LogP contribution in [-0.2, 0) is 33.3 Å². The third kappa shape index (κ3) is 4.47. The second-order valence-electron chi connectivity index (χ2n) is 3.98. The Morgan fingerprint density at radius 2 is 1.53 bits per heavy atom.